The summed E-state index contributed by atoms with van der Waals surface area (Å²) in [7, 11) is 0. The van der Waals surface area contributed by atoms with Crippen LogP contribution >= 0.6 is 0 Å². The highest BCUT2D eigenvalue weighted by Gasteiger charge is 2.26. The molecule has 1 unspecified atom stereocenters. The first-order chi connectivity index (χ1) is 15.1. The Balaban J connectivity index is 1.64. The Morgan fingerprint density at radius 1 is 0.935 bits per heavy atom. The molecular weight excluding hydrogens is 386 g/mol. The number of para-hydroxylation sites is 1. The molecule has 3 aromatic carbocycles. The number of quaternary nitrogens is 1. The second-order valence-corrected chi connectivity index (χ2v) is 7.11. The first-order valence-corrected chi connectivity index (χ1v) is 9.96. The van der Waals surface area contributed by atoms with Crippen molar-refractivity contribution in [3.63, 3.8) is 0 Å². The standard InChI is InChI=1S/C25H23N5O/c26-20(17-9-3-1-4-10-17)15-16-22(27)29-24-25(31)28-21-14-8-7-13-19(21)23(30-24)18-11-5-2-6-12-18/h1-16,24,29H,26-27H2,(H,28,31)/p+1. The average Bonchev–Trinajstić information content (AvgIpc) is 2.95. The molecule has 0 fully saturated rings. The maximum atomic E-state index is 12.9. The number of rotatable bonds is 5. The van der Waals surface area contributed by atoms with Crippen molar-refractivity contribution in [1.29, 1.82) is 0 Å². The summed E-state index contributed by atoms with van der Waals surface area (Å²) >= 11 is 0. The average molecular weight is 411 g/mol. The minimum Gasteiger partial charge on any atom is -0.398 e. The minimum atomic E-state index is -0.835. The summed E-state index contributed by atoms with van der Waals surface area (Å²) in [5.74, 6) is 0.272. The normalized spacial score (nSPS) is 16.6. The Hall–Kier alpha value is -4.16. The van der Waals surface area contributed by atoms with Gasteiger partial charge in [-0.25, -0.2) is 4.99 Å². The van der Waals surface area contributed by atoms with Crippen molar-refractivity contribution in [3.05, 3.63) is 120 Å². The summed E-state index contributed by atoms with van der Waals surface area (Å²) in [5.41, 5.74) is 14.9. The van der Waals surface area contributed by atoms with Crippen LogP contribution in [0.5, 0.6) is 0 Å². The maximum Gasteiger partial charge on any atom is 0.269 e. The number of nitrogens with zero attached hydrogens (tertiary/aromatic N) is 1. The first-order valence-electron chi connectivity index (χ1n) is 9.96. The van der Waals surface area contributed by atoms with E-state index in [9.17, 15) is 4.79 Å². The van der Waals surface area contributed by atoms with Crippen molar-refractivity contribution in [2.45, 2.75) is 6.17 Å². The van der Waals surface area contributed by atoms with Crippen LogP contribution in [0.25, 0.3) is 5.70 Å². The van der Waals surface area contributed by atoms with Crippen LogP contribution in [0.15, 0.2) is 108 Å². The van der Waals surface area contributed by atoms with Gasteiger partial charge in [0.25, 0.3) is 5.91 Å². The smallest absolute Gasteiger partial charge is 0.269 e. The number of aliphatic imine (C=N–C) groups is 1. The quantitative estimate of drug-likeness (QED) is 0.485. The summed E-state index contributed by atoms with van der Waals surface area (Å²) < 4.78 is 0. The van der Waals surface area contributed by atoms with Crippen molar-refractivity contribution >= 4 is 23.0 Å². The second kappa shape index (κ2) is 9.11. The number of carbonyl (C=O) groups excluding carboxylic acids is 1. The van der Waals surface area contributed by atoms with Crippen LogP contribution in [0, 0.1) is 0 Å². The number of nitrogens with one attached hydrogen (secondary N) is 2. The fourth-order valence-corrected chi connectivity index (χ4v) is 3.32. The first kappa shape index (κ1) is 20.1. The van der Waals surface area contributed by atoms with Gasteiger partial charge in [-0.3, -0.25) is 4.79 Å². The molecule has 1 heterocycles. The number of benzodiazepines with no additional fused rings is 1. The number of fused-ring (bicyclic) bond motifs is 1. The zero-order valence-electron chi connectivity index (χ0n) is 17.0. The highest BCUT2D eigenvalue weighted by molar-refractivity contribution is 6.19. The molecule has 6 heteroatoms. The lowest BCUT2D eigenvalue weighted by Gasteiger charge is -2.12. The van der Waals surface area contributed by atoms with E-state index in [4.69, 9.17) is 10.7 Å². The zero-order chi connectivity index (χ0) is 21.6. The van der Waals surface area contributed by atoms with E-state index >= 15 is 0 Å². The van der Waals surface area contributed by atoms with Gasteiger partial charge in [0.2, 0.25) is 6.17 Å². The van der Waals surface area contributed by atoms with E-state index in [-0.39, 0.29) is 5.91 Å². The van der Waals surface area contributed by atoms with Crippen molar-refractivity contribution in [2.24, 2.45) is 10.7 Å². The molecule has 0 spiro atoms. The SMILES string of the molecule is NC(=CC=C([NH3+])NC1N=C(c2ccccc2)c2ccccc2NC1=O)c1ccccc1. The molecule has 0 saturated heterocycles. The summed E-state index contributed by atoms with van der Waals surface area (Å²) in [6, 6.07) is 27.1. The van der Waals surface area contributed by atoms with Crippen LogP contribution in [0.2, 0.25) is 0 Å². The third kappa shape index (κ3) is 4.71. The Bertz CT molecular complexity index is 1170. The largest absolute Gasteiger partial charge is 0.398 e. The fraction of sp³-hybridized carbons (Fsp3) is 0.0400. The predicted molar refractivity (Wildman–Crippen MR) is 124 cm³/mol. The Kier molecular flexibility index (Phi) is 5.91. The number of benzene rings is 3. The van der Waals surface area contributed by atoms with Crippen molar-refractivity contribution in [3.8, 4) is 0 Å². The third-order valence-electron chi connectivity index (χ3n) is 4.89. The highest BCUT2D eigenvalue weighted by atomic mass is 16.2. The molecule has 0 aromatic heterocycles. The molecule has 31 heavy (non-hydrogen) atoms. The Morgan fingerprint density at radius 2 is 1.58 bits per heavy atom. The van der Waals surface area contributed by atoms with E-state index in [1.165, 1.54) is 0 Å². The molecule has 4 rings (SSSR count). The van der Waals surface area contributed by atoms with Crippen LogP contribution in [-0.2, 0) is 4.79 Å². The van der Waals surface area contributed by atoms with Gasteiger partial charge in [-0.1, -0.05) is 78.9 Å². The molecule has 1 aliphatic rings. The molecule has 154 valence electrons. The molecule has 1 atom stereocenters. The molecular formula is C25H24N5O+. The van der Waals surface area contributed by atoms with E-state index in [2.05, 4.69) is 16.4 Å². The summed E-state index contributed by atoms with van der Waals surface area (Å²) in [6.45, 7) is 0. The van der Waals surface area contributed by atoms with Gasteiger partial charge in [-0.15, -0.1) is 0 Å². The highest BCUT2D eigenvalue weighted by Crippen LogP contribution is 2.23. The van der Waals surface area contributed by atoms with E-state index in [1.807, 2.05) is 84.9 Å². The fourth-order valence-electron chi connectivity index (χ4n) is 3.32. The maximum absolute atomic E-state index is 12.9. The Labute approximate surface area is 181 Å². The van der Waals surface area contributed by atoms with Gasteiger partial charge >= 0.3 is 0 Å². The monoisotopic (exact) mass is 410 g/mol. The number of carbonyl (C=O) groups is 1. The molecule has 6 nitrogen and oxygen atoms in total. The number of hydrogen-bond donors (Lipinski definition) is 4. The third-order valence-corrected chi connectivity index (χ3v) is 4.89. The van der Waals surface area contributed by atoms with Gasteiger partial charge in [0, 0.05) is 22.9 Å². The number of amides is 1. The predicted octanol–water partition coefficient (Wildman–Crippen LogP) is 2.47. The van der Waals surface area contributed by atoms with Crippen LogP contribution in [0.3, 0.4) is 0 Å². The molecule has 0 radical (unpaired) electrons. The summed E-state index contributed by atoms with van der Waals surface area (Å²) in [6.07, 6.45) is 2.67. The number of nitrogens with two attached hydrogens (primary N) is 1. The van der Waals surface area contributed by atoms with E-state index < -0.39 is 6.17 Å². The van der Waals surface area contributed by atoms with Crippen LogP contribution in [0.1, 0.15) is 16.7 Å². The molecule has 0 saturated carbocycles. The lowest BCUT2D eigenvalue weighted by atomic mass is 10.0. The van der Waals surface area contributed by atoms with Gasteiger partial charge in [-0.05, 0) is 17.7 Å². The number of anilines is 1. The van der Waals surface area contributed by atoms with Crippen molar-refractivity contribution in [1.82, 2.24) is 5.32 Å². The topological polar surface area (TPSA) is 107 Å². The molecule has 7 N–H and O–H groups in total. The molecule has 1 aliphatic heterocycles. The van der Waals surface area contributed by atoms with Crippen LogP contribution in [-0.4, -0.2) is 17.8 Å². The molecule has 0 bridgehead atoms. The van der Waals surface area contributed by atoms with E-state index in [1.54, 1.807) is 12.2 Å². The number of hydrogen-bond acceptors (Lipinski definition) is 4. The summed E-state index contributed by atoms with van der Waals surface area (Å²) in [5, 5.41) is 6.06. The van der Waals surface area contributed by atoms with Gasteiger partial charge in [0.1, 0.15) is 0 Å². The van der Waals surface area contributed by atoms with E-state index in [0.717, 1.165) is 28.1 Å². The van der Waals surface area contributed by atoms with Gasteiger partial charge in [0.05, 0.1) is 11.4 Å². The summed E-state index contributed by atoms with van der Waals surface area (Å²) in [4.78, 5) is 17.6. The Morgan fingerprint density at radius 3 is 2.32 bits per heavy atom. The van der Waals surface area contributed by atoms with Crippen molar-refractivity contribution in [2.75, 3.05) is 5.32 Å². The zero-order valence-corrected chi connectivity index (χ0v) is 17.0. The lowest BCUT2D eigenvalue weighted by molar-refractivity contribution is -0.312. The van der Waals surface area contributed by atoms with E-state index in [0.29, 0.717) is 11.5 Å². The molecule has 3 aromatic rings. The van der Waals surface area contributed by atoms with Crippen LogP contribution < -0.4 is 22.1 Å². The van der Waals surface area contributed by atoms with Crippen molar-refractivity contribution < 1.29 is 10.5 Å². The van der Waals surface area contributed by atoms with Crippen LogP contribution in [0.4, 0.5) is 5.69 Å². The molecule has 1 amide bonds. The van der Waals surface area contributed by atoms with Gasteiger partial charge < -0.3 is 22.1 Å². The van der Waals surface area contributed by atoms with Gasteiger partial charge in [0.15, 0.2) is 5.82 Å². The number of allylic oxidation sites excluding steroid dienone is 2. The van der Waals surface area contributed by atoms with Gasteiger partial charge in [-0.2, -0.15) is 0 Å². The molecule has 0 aliphatic carbocycles. The lowest BCUT2D eigenvalue weighted by Crippen LogP contribution is -2.57. The minimum absolute atomic E-state index is 0.257. The second-order valence-electron chi connectivity index (χ2n) is 7.11.